The second kappa shape index (κ2) is 6.37. The molecule has 1 amide bonds. The minimum absolute atomic E-state index is 0.0475. The summed E-state index contributed by atoms with van der Waals surface area (Å²) in [7, 11) is 2.09. The van der Waals surface area contributed by atoms with Crippen molar-refractivity contribution >= 4 is 11.9 Å². The third-order valence-corrected chi connectivity index (χ3v) is 4.58. The molecule has 2 N–H and O–H groups in total. The molecule has 0 radical (unpaired) electrons. The normalized spacial score (nSPS) is 32.2. The van der Waals surface area contributed by atoms with Gasteiger partial charge >= 0.3 is 5.97 Å². The number of carbonyl (C=O) groups excluding carboxylic acids is 1. The Bertz CT molecular complexity index is 346. The summed E-state index contributed by atoms with van der Waals surface area (Å²) in [4.78, 5) is 25.4. The van der Waals surface area contributed by atoms with Crippen molar-refractivity contribution in [3.8, 4) is 0 Å². The molecule has 0 spiro atoms. The molecule has 3 atom stereocenters. The predicted octanol–water partition coefficient (Wildman–Crippen LogP) is 1.09. The first-order valence-electron chi connectivity index (χ1n) is 7.28. The molecule has 0 bridgehead atoms. The summed E-state index contributed by atoms with van der Waals surface area (Å²) >= 11 is 0. The minimum atomic E-state index is -0.756. The molecule has 1 heterocycles. The molecule has 2 fully saturated rings. The maximum absolute atomic E-state index is 12.1. The van der Waals surface area contributed by atoms with Gasteiger partial charge in [-0.15, -0.1) is 0 Å². The van der Waals surface area contributed by atoms with Gasteiger partial charge in [-0.3, -0.25) is 9.59 Å². The van der Waals surface area contributed by atoms with Crippen LogP contribution in [-0.2, 0) is 9.59 Å². The Balaban J connectivity index is 1.77. The van der Waals surface area contributed by atoms with Crippen LogP contribution < -0.4 is 5.32 Å². The highest BCUT2D eigenvalue weighted by atomic mass is 16.4. The monoisotopic (exact) mass is 268 g/mol. The molecule has 1 saturated carbocycles. The molecule has 1 saturated heterocycles. The summed E-state index contributed by atoms with van der Waals surface area (Å²) in [6, 6.07) is 0.447. The summed E-state index contributed by atoms with van der Waals surface area (Å²) in [6.45, 7) is 1.80. The Labute approximate surface area is 114 Å². The van der Waals surface area contributed by atoms with Crippen LogP contribution in [0.3, 0.4) is 0 Å². The van der Waals surface area contributed by atoms with Crippen LogP contribution in [0.4, 0.5) is 0 Å². The average Bonchev–Trinajstić information content (AvgIpc) is 2.81. The number of carbonyl (C=O) groups is 2. The number of carboxylic acids is 1. The van der Waals surface area contributed by atoms with E-state index in [1.54, 1.807) is 0 Å². The standard InChI is InChI=1S/C14H24N2O3/c1-16-7-3-6-12(16)9-15-13(17)10-4-2-5-11(8-10)14(18)19/h10-12H,2-9H2,1H3,(H,15,17)(H,18,19). The average molecular weight is 268 g/mol. The lowest BCUT2D eigenvalue weighted by Gasteiger charge is -2.27. The molecule has 5 heteroatoms. The predicted molar refractivity (Wildman–Crippen MR) is 71.7 cm³/mol. The van der Waals surface area contributed by atoms with Crippen molar-refractivity contribution in [3.05, 3.63) is 0 Å². The molecular formula is C14H24N2O3. The number of aliphatic carboxylic acids is 1. The molecule has 0 aromatic rings. The molecule has 19 heavy (non-hydrogen) atoms. The van der Waals surface area contributed by atoms with Gasteiger partial charge in [-0.25, -0.2) is 0 Å². The van der Waals surface area contributed by atoms with Crippen molar-refractivity contribution in [1.82, 2.24) is 10.2 Å². The second-order valence-electron chi connectivity index (χ2n) is 5.92. The van der Waals surface area contributed by atoms with Crippen LogP contribution in [0.15, 0.2) is 0 Å². The minimum Gasteiger partial charge on any atom is -0.481 e. The molecule has 0 aromatic heterocycles. The highest BCUT2D eigenvalue weighted by Gasteiger charge is 2.31. The van der Waals surface area contributed by atoms with E-state index in [1.165, 1.54) is 6.42 Å². The summed E-state index contributed by atoms with van der Waals surface area (Å²) in [5, 5.41) is 12.0. The Morgan fingerprint density at radius 1 is 1.21 bits per heavy atom. The lowest BCUT2D eigenvalue weighted by Crippen LogP contribution is -2.42. The van der Waals surface area contributed by atoms with E-state index in [0.717, 1.165) is 25.8 Å². The van der Waals surface area contributed by atoms with Crippen molar-refractivity contribution in [2.24, 2.45) is 11.8 Å². The number of amides is 1. The molecule has 2 rings (SSSR count). The molecule has 2 aliphatic rings. The molecule has 108 valence electrons. The fraction of sp³-hybridized carbons (Fsp3) is 0.857. The molecule has 3 unspecified atom stereocenters. The molecular weight excluding hydrogens is 244 g/mol. The van der Waals surface area contributed by atoms with Gasteiger partial charge in [0.05, 0.1) is 5.92 Å². The van der Waals surface area contributed by atoms with Gasteiger partial charge in [0, 0.05) is 18.5 Å². The van der Waals surface area contributed by atoms with Crippen molar-refractivity contribution < 1.29 is 14.7 Å². The number of carboxylic acid groups (broad SMARTS) is 1. The Morgan fingerprint density at radius 2 is 1.95 bits per heavy atom. The first kappa shape index (κ1) is 14.3. The van der Waals surface area contributed by atoms with Crippen LogP contribution in [-0.4, -0.2) is 48.1 Å². The highest BCUT2D eigenvalue weighted by Crippen LogP contribution is 2.29. The van der Waals surface area contributed by atoms with Gasteiger partial charge in [0.15, 0.2) is 0 Å². The zero-order valence-corrected chi connectivity index (χ0v) is 11.6. The quantitative estimate of drug-likeness (QED) is 0.800. The summed E-state index contributed by atoms with van der Waals surface area (Å²) in [5.74, 6) is -1.15. The fourth-order valence-corrected chi connectivity index (χ4v) is 3.25. The first-order chi connectivity index (χ1) is 9.08. The Hall–Kier alpha value is -1.10. The van der Waals surface area contributed by atoms with Crippen molar-refractivity contribution in [3.63, 3.8) is 0 Å². The van der Waals surface area contributed by atoms with E-state index in [1.807, 2.05) is 0 Å². The van der Waals surface area contributed by atoms with Crippen LogP contribution in [0.5, 0.6) is 0 Å². The number of likely N-dealkylation sites (tertiary alicyclic amines) is 1. The fourth-order valence-electron chi connectivity index (χ4n) is 3.25. The maximum Gasteiger partial charge on any atom is 0.306 e. The number of nitrogens with zero attached hydrogens (tertiary/aromatic N) is 1. The zero-order chi connectivity index (χ0) is 13.8. The van der Waals surface area contributed by atoms with Gasteiger partial charge in [0.1, 0.15) is 0 Å². The van der Waals surface area contributed by atoms with E-state index in [2.05, 4.69) is 17.3 Å². The SMILES string of the molecule is CN1CCCC1CNC(=O)C1CCCC(C(=O)O)C1. The van der Waals surface area contributed by atoms with E-state index in [4.69, 9.17) is 5.11 Å². The van der Waals surface area contributed by atoms with Crippen LogP contribution in [0.1, 0.15) is 38.5 Å². The van der Waals surface area contributed by atoms with Gasteiger partial charge in [0.25, 0.3) is 0 Å². The Morgan fingerprint density at radius 3 is 2.58 bits per heavy atom. The third kappa shape index (κ3) is 3.69. The zero-order valence-electron chi connectivity index (χ0n) is 11.6. The van der Waals surface area contributed by atoms with Crippen LogP contribution >= 0.6 is 0 Å². The summed E-state index contributed by atoms with van der Waals surface area (Å²) in [5.41, 5.74) is 0. The number of hydrogen-bond acceptors (Lipinski definition) is 3. The lowest BCUT2D eigenvalue weighted by molar-refractivity contribution is -0.144. The van der Waals surface area contributed by atoms with Crippen LogP contribution in [0.2, 0.25) is 0 Å². The maximum atomic E-state index is 12.1. The smallest absolute Gasteiger partial charge is 0.306 e. The molecule has 0 aromatic carbocycles. The van der Waals surface area contributed by atoms with Gasteiger partial charge < -0.3 is 15.3 Å². The summed E-state index contributed by atoms with van der Waals surface area (Å²) in [6.07, 6.45) is 5.22. The van der Waals surface area contributed by atoms with Gasteiger partial charge in [0.2, 0.25) is 5.91 Å². The van der Waals surface area contributed by atoms with E-state index >= 15 is 0 Å². The third-order valence-electron chi connectivity index (χ3n) is 4.58. The lowest BCUT2D eigenvalue weighted by atomic mass is 9.81. The van der Waals surface area contributed by atoms with Crippen LogP contribution in [0, 0.1) is 11.8 Å². The topological polar surface area (TPSA) is 69.6 Å². The van der Waals surface area contributed by atoms with E-state index < -0.39 is 5.97 Å². The number of hydrogen-bond donors (Lipinski definition) is 2. The van der Waals surface area contributed by atoms with E-state index in [0.29, 0.717) is 25.4 Å². The number of nitrogens with one attached hydrogen (secondary N) is 1. The van der Waals surface area contributed by atoms with E-state index in [9.17, 15) is 9.59 Å². The van der Waals surface area contributed by atoms with Crippen LogP contribution in [0.25, 0.3) is 0 Å². The molecule has 1 aliphatic heterocycles. The molecule has 5 nitrogen and oxygen atoms in total. The summed E-state index contributed by atoms with van der Waals surface area (Å²) < 4.78 is 0. The first-order valence-corrected chi connectivity index (χ1v) is 7.28. The number of rotatable bonds is 4. The molecule has 1 aliphatic carbocycles. The van der Waals surface area contributed by atoms with Gasteiger partial charge in [-0.2, -0.15) is 0 Å². The highest BCUT2D eigenvalue weighted by molar-refractivity contribution is 5.80. The van der Waals surface area contributed by atoms with Crippen molar-refractivity contribution in [1.29, 1.82) is 0 Å². The second-order valence-corrected chi connectivity index (χ2v) is 5.92. The van der Waals surface area contributed by atoms with Gasteiger partial charge in [-0.05, 0) is 45.7 Å². The van der Waals surface area contributed by atoms with Crippen molar-refractivity contribution in [2.45, 2.75) is 44.6 Å². The largest absolute Gasteiger partial charge is 0.481 e. The number of likely N-dealkylation sites (N-methyl/N-ethyl adjacent to an activating group) is 1. The van der Waals surface area contributed by atoms with Gasteiger partial charge in [-0.1, -0.05) is 6.42 Å². The Kier molecular flexibility index (Phi) is 4.80. The van der Waals surface area contributed by atoms with Crippen molar-refractivity contribution in [2.75, 3.05) is 20.1 Å². The van der Waals surface area contributed by atoms with E-state index in [-0.39, 0.29) is 17.7 Å².